The predicted molar refractivity (Wildman–Crippen MR) is 107 cm³/mol. The molecule has 2 aromatic rings. The molecule has 0 bridgehead atoms. The normalized spacial score (nSPS) is 19.6. The van der Waals surface area contributed by atoms with Crippen LogP contribution in [0.1, 0.15) is 18.1 Å². The highest BCUT2D eigenvalue weighted by molar-refractivity contribution is 6.10. The van der Waals surface area contributed by atoms with Gasteiger partial charge in [0.15, 0.2) is 11.5 Å². The Hall–Kier alpha value is -3.75. The number of ether oxygens (including phenoxy) is 3. The number of nitrogens with one attached hydrogen (secondary N) is 2. The van der Waals surface area contributed by atoms with Crippen molar-refractivity contribution in [2.24, 2.45) is 0 Å². The molecule has 4 amide bonds. The lowest BCUT2D eigenvalue weighted by atomic mass is 9.91. The molecule has 2 aromatic carbocycles. The minimum Gasteiger partial charge on any atom is -0.495 e. The number of rotatable bonds is 5. The Morgan fingerprint density at radius 3 is 2.73 bits per heavy atom. The number of fused-ring (bicyclic) bond motifs is 1. The molecule has 1 saturated heterocycles. The number of nitrogens with zero attached hydrogens (tertiary/aromatic N) is 1. The van der Waals surface area contributed by atoms with Gasteiger partial charge in [0.1, 0.15) is 17.8 Å². The molecule has 2 heterocycles. The lowest BCUT2D eigenvalue weighted by Gasteiger charge is -2.22. The molecule has 0 spiro atoms. The second-order valence-electron chi connectivity index (χ2n) is 7.27. The van der Waals surface area contributed by atoms with Crippen LogP contribution in [0.4, 0.5) is 10.5 Å². The van der Waals surface area contributed by atoms with E-state index in [-0.39, 0.29) is 6.79 Å². The van der Waals surface area contributed by atoms with Crippen molar-refractivity contribution in [3.63, 3.8) is 0 Å². The molecular weight excluding hydrogens is 390 g/mol. The average Bonchev–Trinajstić information content (AvgIpc) is 3.26. The topological polar surface area (TPSA) is 106 Å². The first kappa shape index (κ1) is 19.6. The fourth-order valence-corrected chi connectivity index (χ4v) is 3.50. The first-order chi connectivity index (χ1) is 14.3. The number of carbonyl (C=O) groups is 3. The minimum absolute atomic E-state index is 0.102. The largest absolute Gasteiger partial charge is 0.495 e. The van der Waals surface area contributed by atoms with E-state index in [1.165, 1.54) is 7.11 Å². The molecule has 1 atom stereocenters. The summed E-state index contributed by atoms with van der Waals surface area (Å²) in [6, 6.07) is 9.71. The zero-order chi connectivity index (χ0) is 21.5. The number of amides is 4. The molecule has 2 aliphatic rings. The summed E-state index contributed by atoms with van der Waals surface area (Å²) in [5, 5.41) is 5.37. The number of aryl methyl sites for hydroxylation is 1. The van der Waals surface area contributed by atoms with Gasteiger partial charge in [-0.1, -0.05) is 12.1 Å². The number of hydrogen-bond acceptors (Lipinski definition) is 6. The third-order valence-corrected chi connectivity index (χ3v) is 5.16. The summed E-state index contributed by atoms with van der Waals surface area (Å²) < 4.78 is 15.9. The van der Waals surface area contributed by atoms with Crippen molar-refractivity contribution in [1.82, 2.24) is 10.2 Å². The Bertz CT molecular complexity index is 1050. The molecule has 0 unspecified atom stereocenters. The molecule has 2 N–H and O–H groups in total. The quantitative estimate of drug-likeness (QED) is 0.731. The van der Waals surface area contributed by atoms with E-state index >= 15 is 0 Å². The van der Waals surface area contributed by atoms with Crippen LogP contribution in [0.3, 0.4) is 0 Å². The van der Waals surface area contributed by atoms with Crippen molar-refractivity contribution in [3.8, 4) is 17.2 Å². The van der Waals surface area contributed by atoms with Gasteiger partial charge >= 0.3 is 6.03 Å². The van der Waals surface area contributed by atoms with Crippen molar-refractivity contribution >= 4 is 23.5 Å². The number of anilines is 1. The van der Waals surface area contributed by atoms with Crippen molar-refractivity contribution in [1.29, 1.82) is 0 Å². The number of urea groups is 1. The molecule has 9 nitrogen and oxygen atoms in total. The average molecular weight is 411 g/mol. The van der Waals surface area contributed by atoms with Crippen LogP contribution < -0.4 is 24.8 Å². The zero-order valence-corrected chi connectivity index (χ0v) is 16.8. The predicted octanol–water partition coefficient (Wildman–Crippen LogP) is 2.14. The summed E-state index contributed by atoms with van der Waals surface area (Å²) >= 11 is 0. The highest BCUT2D eigenvalue weighted by atomic mass is 16.7. The molecule has 30 heavy (non-hydrogen) atoms. The minimum atomic E-state index is -1.32. The van der Waals surface area contributed by atoms with Crippen LogP contribution in [-0.4, -0.2) is 43.2 Å². The second kappa shape index (κ2) is 7.25. The summed E-state index contributed by atoms with van der Waals surface area (Å²) in [5.74, 6) is 0.507. The highest BCUT2D eigenvalue weighted by Gasteiger charge is 2.49. The van der Waals surface area contributed by atoms with Crippen molar-refractivity contribution in [3.05, 3.63) is 47.5 Å². The molecule has 9 heteroatoms. The number of carbonyl (C=O) groups excluding carboxylic acids is 3. The summed E-state index contributed by atoms with van der Waals surface area (Å²) in [5.41, 5.74) is 0.609. The third-order valence-electron chi connectivity index (χ3n) is 5.16. The summed E-state index contributed by atoms with van der Waals surface area (Å²) in [6.07, 6.45) is 0. The van der Waals surface area contributed by atoms with E-state index < -0.39 is 29.9 Å². The molecule has 0 aliphatic carbocycles. The number of methoxy groups -OCH3 is 1. The van der Waals surface area contributed by atoms with Gasteiger partial charge in [0, 0.05) is 0 Å². The van der Waals surface area contributed by atoms with Crippen LogP contribution in [0.15, 0.2) is 36.4 Å². The van der Waals surface area contributed by atoms with Crippen LogP contribution >= 0.6 is 0 Å². The lowest BCUT2D eigenvalue weighted by molar-refractivity contribution is -0.133. The maximum absolute atomic E-state index is 13.1. The van der Waals surface area contributed by atoms with Gasteiger partial charge in [0.05, 0.1) is 12.8 Å². The standard InChI is InChI=1S/C21H21N3O6/c1-12-4-6-15(28-3)14(8-12)22-18(25)10-24-19(26)21(2,23-20(24)27)13-5-7-16-17(9-13)30-11-29-16/h4-9H,10-11H2,1-3H3,(H,22,25)(H,23,27)/t21-/m0/s1. The van der Waals surface area contributed by atoms with Crippen LogP contribution in [-0.2, 0) is 15.1 Å². The van der Waals surface area contributed by atoms with Gasteiger partial charge in [-0.2, -0.15) is 0 Å². The van der Waals surface area contributed by atoms with E-state index in [2.05, 4.69) is 10.6 Å². The van der Waals surface area contributed by atoms with Gasteiger partial charge in [-0.05, 0) is 49.2 Å². The number of benzene rings is 2. The van der Waals surface area contributed by atoms with Crippen molar-refractivity contribution in [2.75, 3.05) is 25.8 Å². The number of imide groups is 1. The zero-order valence-electron chi connectivity index (χ0n) is 16.8. The fraction of sp³-hybridized carbons (Fsp3) is 0.286. The third kappa shape index (κ3) is 3.28. The highest BCUT2D eigenvalue weighted by Crippen LogP contribution is 2.37. The molecule has 156 valence electrons. The van der Waals surface area contributed by atoms with Crippen LogP contribution in [0.25, 0.3) is 0 Å². The Morgan fingerprint density at radius 2 is 1.97 bits per heavy atom. The fourth-order valence-electron chi connectivity index (χ4n) is 3.50. The summed E-state index contributed by atoms with van der Waals surface area (Å²) in [6.45, 7) is 3.14. The molecule has 0 radical (unpaired) electrons. The molecule has 0 saturated carbocycles. The van der Waals surface area contributed by atoms with E-state index in [0.29, 0.717) is 28.5 Å². The Labute approximate surface area is 172 Å². The first-order valence-corrected chi connectivity index (χ1v) is 9.30. The van der Waals surface area contributed by atoms with E-state index in [1.54, 1.807) is 37.3 Å². The maximum Gasteiger partial charge on any atom is 0.325 e. The van der Waals surface area contributed by atoms with Gasteiger partial charge in [0.2, 0.25) is 12.7 Å². The van der Waals surface area contributed by atoms with Gasteiger partial charge in [-0.25, -0.2) is 4.79 Å². The van der Waals surface area contributed by atoms with Gasteiger partial charge in [-0.3, -0.25) is 14.5 Å². The maximum atomic E-state index is 13.1. The molecule has 2 aliphatic heterocycles. The van der Waals surface area contributed by atoms with Crippen LogP contribution in [0.5, 0.6) is 17.2 Å². The van der Waals surface area contributed by atoms with Crippen molar-refractivity contribution < 1.29 is 28.6 Å². The van der Waals surface area contributed by atoms with Gasteiger partial charge in [-0.15, -0.1) is 0 Å². The van der Waals surface area contributed by atoms with Gasteiger partial charge < -0.3 is 24.8 Å². The molecule has 4 rings (SSSR count). The van der Waals surface area contributed by atoms with Crippen LogP contribution in [0.2, 0.25) is 0 Å². The lowest BCUT2D eigenvalue weighted by Crippen LogP contribution is -2.42. The Kier molecular flexibility index (Phi) is 4.73. The monoisotopic (exact) mass is 411 g/mol. The Morgan fingerprint density at radius 1 is 1.20 bits per heavy atom. The van der Waals surface area contributed by atoms with Crippen LogP contribution in [0, 0.1) is 6.92 Å². The first-order valence-electron chi connectivity index (χ1n) is 9.30. The summed E-state index contributed by atoms with van der Waals surface area (Å²) in [7, 11) is 1.49. The summed E-state index contributed by atoms with van der Waals surface area (Å²) in [4.78, 5) is 39.0. The van der Waals surface area contributed by atoms with Gasteiger partial charge in [0.25, 0.3) is 5.91 Å². The Balaban J connectivity index is 1.52. The molecular formula is C21H21N3O6. The van der Waals surface area contributed by atoms with Crippen molar-refractivity contribution in [2.45, 2.75) is 19.4 Å². The van der Waals surface area contributed by atoms with E-state index in [0.717, 1.165) is 10.5 Å². The van der Waals surface area contributed by atoms with E-state index in [9.17, 15) is 14.4 Å². The van der Waals surface area contributed by atoms with E-state index in [4.69, 9.17) is 14.2 Å². The SMILES string of the molecule is COc1ccc(C)cc1NC(=O)CN1C(=O)N[C@@](C)(c2ccc3c(c2)OCO3)C1=O. The second-order valence-corrected chi connectivity index (χ2v) is 7.27. The molecule has 0 aromatic heterocycles. The van der Waals surface area contributed by atoms with E-state index in [1.807, 2.05) is 13.0 Å². The number of hydrogen-bond donors (Lipinski definition) is 2. The molecule has 1 fully saturated rings. The smallest absolute Gasteiger partial charge is 0.325 e.